The minimum atomic E-state index is 0.0777. The van der Waals surface area contributed by atoms with E-state index in [9.17, 15) is 0 Å². The normalized spacial score (nSPS) is 12.3. The molecule has 0 fully saturated rings. The number of hydrogen-bond donors (Lipinski definition) is 1. The average molecular weight is 212 g/mol. The molecule has 82 valence electrons. The van der Waals surface area contributed by atoms with Crippen molar-refractivity contribution >= 4 is 0 Å². The number of aryl methyl sites for hydroxylation is 1. The topological polar surface area (TPSA) is 38.9 Å². The molecule has 0 saturated heterocycles. The molecule has 0 aliphatic heterocycles. The summed E-state index contributed by atoms with van der Waals surface area (Å²) in [5, 5.41) is 0. The first-order valence-corrected chi connectivity index (χ1v) is 5.55. The van der Waals surface area contributed by atoms with Crippen LogP contribution < -0.4 is 5.73 Å². The molecule has 1 aromatic heterocycles. The Morgan fingerprint density at radius 1 is 1.06 bits per heavy atom. The van der Waals surface area contributed by atoms with E-state index in [2.05, 4.69) is 29.2 Å². The number of rotatable bonds is 4. The second-order valence-corrected chi connectivity index (χ2v) is 3.92. The summed E-state index contributed by atoms with van der Waals surface area (Å²) in [6.07, 6.45) is 5.58. The summed E-state index contributed by atoms with van der Waals surface area (Å²) in [6, 6.07) is 14.5. The Morgan fingerprint density at radius 2 is 1.88 bits per heavy atom. The van der Waals surface area contributed by atoms with E-state index in [0.29, 0.717) is 0 Å². The van der Waals surface area contributed by atoms with Gasteiger partial charge in [-0.25, -0.2) is 0 Å². The third-order valence-electron chi connectivity index (χ3n) is 2.70. The average Bonchev–Trinajstić information content (AvgIpc) is 2.38. The zero-order chi connectivity index (χ0) is 11.2. The highest BCUT2D eigenvalue weighted by Crippen LogP contribution is 2.15. The summed E-state index contributed by atoms with van der Waals surface area (Å²) in [7, 11) is 0. The summed E-state index contributed by atoms with van der Waals surface area (Å²) >= 11 is 0. The van der Waals surface area contributed by atoms with Crippen LogP contribution in [0.15, 0.2) is 54.9 Å². The Bertz CT molecular complexity index is 411. The molecule has 1 heterocycles. The van der Waals surface area contributed by atoms with Gasteiger partial charge in [-0.05, 0) is 30.0 Å². The lowest BCUT2D eigenvalue weighted by molar-refractivity contribution is 0.649. The molecule has 0 saturated carbocycles. The highest BCUT2D eigenvalue weighted by molar-refractivity contribution is 5.17. The fourth-order valence-electron chi connectivity index (χ4n) is 1.73. The molecule has 2 nitrogen and oxygen atoms in total. The molecule has 2 N–H and O–H groups in total. The maximum atomic E-state index is 6.10. The van der Waals surface area contributed by atoms with Crippen molar-refractivity contribution in [1.29, 1.82) is 0 Å². The van der Waals surface area contributed by atoms with E-state index in [1.54, 1.807) is 6.20 Å². The minimum Gasteiger partial charge on any atom is -0.324 e. The van der Waals surface area contributed by atoms with Crippen molar-refractivity contribution in [2.24, 2.45) is 5.73 Å². The summed E-state index contributed by atoms with van der Waals surface area (Å²) in [6.45, 7) is 0. The standard InChI is InChI=1S/C14H16N2/c15-14(13-7-4-10-16-11-13)9-8-12-5-2-1-3-6-12/h1-7,10-11,14H,8-9,15H2. The lowest BCUT2D eigenvalue weighted by Crippen LogP contribution is -2.11. The van der Waals surface area contributed by atoms with Crippen LogP contribution in [0.4, 0.5) is 0 Å². The number of pyridine rings is 1. The van der Waals surface area contributed by atoms with E-state index in [0.717, 1.165) is 18.4 Å². The quantitative estimate of drug-likeness (QED) is 0.846. The van der Waals surface area contributed by atoms with E-state index in [-0.39, 0.29) is 6.04 Å². The fraction of sp³-hybridized carbons (Fsp3) is 0.214. The van der Waals surface area contributed by atoms with E-state index in [1.807, 2.05) is 24.4 Å². The zero-order valence-corrected chi connectivity index (χ0v) is 9.21. The highest BCUT2D eigenvalue weighted by Gasteiger charge is 2.05. The van der Waals surface area contributed by atoms with E-state index >= 15 is 0 Å². The maximum Gasteiger partial charge on any atom is 0.0315 e. The summed E-state index contributed by atoms with van der Waals surface area (Å²) in [4.78, 5) is 4.08. The molecule has 1 aromatic carbocycles. The third kappa shape index (κ3) is 2.91. The monoisotopic (exact) mass is 212 g/mol. The maximum absolute atomic E-state index is 6.10. The van der Waals surface area contributed by atoms with E-state index in [1.165, 1.54) is 5.56 Å². The van der Waals surface area contributed by atoms with Crippen LogP contribution in [-0.4, -0.2) is 4.98 Å². The van der Waals surface area contributed by atoms with Gasteiger partial charge in [0, 0.05) is 18.4 Å². The van der Waals surface area contributed by atoms with E-state index in [4.69, 9.17) is 5.73 Å². The van der Waals surface area contributed by atoms with Gasteiger partial charge in [-0.2, -0.15) is 0 Å². The second kappa shape index (κ2) is 5.42. The van der Waals surface area contributed by atoms with Gasteiger partial charge in [0.15, 0.2) is 0 Å². The molecule has 0 spiro atoms. The van der Waals surface area contributed by atoms with Crippen LogP contribution >= 0.6 is 0 Å². The lowest BCUT2D eigenvalue weighted by atomic mass is 10.0. The van der Waals surface area contributed by atoms with Gasteiger partial charge in [0.1, 0.15) is 0 Å². The van der Waals surface area contributed by atoms with Gasteiger partial charge >= 0.3 is 0 Å². The number of hydrogen-bond acceptors (Lipinski definition) is 2. The highest BCUT2D eigenvalue weighted by atomic mass is 14.7. The molecule has 1 atom stereocenters. The zero-order valence-electron chi connectivity index (χ0n) is 9.21. The first kappa shape index (κ1) is 10.8. The molecule has 2 aromatic rings. The summed E-state index contributed by atoms with van der Waals surface area (Å²) < 4.78 is 0. The predicted molar refractivity (Wildman–Crippen MR) is 65.9 cm³/mol. The van der Waals surface area contributed by atoms with Crippen molar-refractivity contribution in [2.75, 3.05) is 0 Å². The smallest absolute Gasteiger partial charge is 0.0315 e. The number of benzene rings is 1. The van der Waals surface area contributed by atoms with Crippen LogP contribution in [0.3, 0.4) is 0 Å². The minimum absolute atomic E-state index is 0.0777. The van der Waals surface area contributed by atoms with Gasteiger partial charge in [0.05, 0.1) is 0 Å². The van der Waals surface area contributed by atoms with Gasteiger partial charge in [-0.1, -0.05) is 36.4 Å². The first-order valence-electron chi connectivity index (χ1n) is 5.55. The largest absolute Gasteiger partial charge is 0.324 e. The van der Waals surface area contributed by atoms with Crippen molar-refractivity contribution in [3.8, 4) is 0 Å². The SMILES string of the molecule is NC(CCc1ccccc1)c1cccnc1. The van der Waals surface area contributed by atoms with Crippen molar-refractivity contribution in [3.63, 3.8) is 0 Å². The van der Waals surface area contributed by atoms with Gasteiger partial charge in [0.2, 0.25) is 0 Å². The Morgan fingerprint density at radius 3 is 2.56 bits per heavy atom. The Labute approximate surface area is 96.1 Å². The van der Waals surface area contributed by atoms with Crippen LogP contribution in [0, 0.1) is 0 Å². The molecule has 2 rings (SSSR count). The number of aromatic nitrogens is 1. The number of nitrogens with zero attached hydrogens (tertiary/aromatic N) is 1. The Balaban J connectivity index is 1.92. The van der Waals surface area contributed by atoms with Gasteiger partial charge in [-0.3, -0.25) is 4.98 Å². The molecular formula is C14H16N2. The molecule has 0 amide bonds. The van der Waals surface area contributed by atoms with Crippen LogP contribution in [0.25, 0.3) is 0 Å². The predicted octanol–water partition coefficient (Wildman–Crippen LogP) is 2.71. The molecule has 0 aliphatic rings. The molecule has 1 unspecified atom stereocenters. The Kier molecular flexibility index (Phi) is 3.67. The third-order valence-corrected chi connectivity index (χ3v) is 2.70. The lowest BCUT2D eigenvalue weighted by Gasteiger charge is -2.11. The van der Waals surface area contributed by atoms with Crippen LogP contribution in [0.5, 0.6) is 0 Å². The fourth-order valence-corrected chi connectivity index (χ4v) is 1.73. The first-order chi connectivity index (χ1) is 7.86. The summed E-state index contributed by atoms with van der Waals surface area (Å²) in [5.74, 6) is 0. The molecule has 16 heavy (non-hydrogen) atoms. The molecule has 0 bridgehead atoms. The summed E-state index contributed by atoms with van der Waals surface area (Å²) in [5.41, 5.74) is 8.55. The van der Waals surface area contributed by atoms with Gasteiger partial charge in [0.25, 0.3) is 0 Å². The Hall–Kier alpha value is -1.67. The van der Waals surface area contributed by atoms with Crippen molar-refractivity contribution in [1.82, 2.24) is 4.98 Å². The molecule has 2 heteroatoms. The number of nitrogens with two attached hydrogens (primary N) is 1. The van der Waals surface area contributed by atoms with Gasteiger partial charge in [-0.15, -0.1) is 0 Å². The van der Waals surface area contributed by atoms with Crippen molar-refractivity contribution in [3.05, 3.63) is 66.0 Å². The van der Waals surface area contributed by atoms with E-state index < -0.39 is 0 Å². The second-order valence-electron chi connectivity index (χ2n) is 3.92. The molecule has 0 radical (unpaired) electrons. The van der Waals surface area contributed by atoms with Crippen molar-refractivity contribution < 1.29 is 0 Å². The van der Waals surface area contributed by atoms with Crippen LogP contribution in [-0.2, 0) is 6.42 Å². The van der Waals surface area contributed by atoms with Crippen LogP contribution in [0.2, 0.25) is 0 Å². The van der Waals surface area contributed by atoms with Gasteiger partial charge < -0.3 is 5.73 Å². The molecule has 0 aliphatic carbocycles. The van der Waals surface area contributed by atoms with Crippen molar-refractivity contribution in [2.45, 2.75) is 18.9 Å². The van der Waals surface area contributed by atoms with Crippen LogP contribution in [0.1, 0.15) is 23.6 Å². The molecular weight excluding hydrogens is 196 g/mol.